The number of rotatable bonds is 5. The minimum Gasteiger partial charge on any atom is -0.346 e. The molecule has 0 spiro atoms. The van der Waals surface area contributed by atoms with Crippen molar-refractivity contribution in [3.8, 4) is 0 Å². The molecule has 1 aromatic rings. The molecule has 1 aromatic heterocycles. The van der Waals surface area contributed by atoms with Crippen molar-refractivity contribution in [2.24, 2.45) is 5.73 Å². The van der Waals surface area contributed by atoms with Crippen molar-refractivity contribution < 1.29 is 8.42 Å². The van der Waals surface area contributed by atoms with Crippen LogP contribution in [0.4, 0.5) is 0 Å². The van der Waals surface area contributed by atoms with Crippen LogP contribution < -0.4 is 10.5 Å². The maximum atomic E-state index is 12.3. The highest BCUT2D eigenvalue weighted by Gasteiger charge is 2.25. The monoisotopic (exact) mass is 303 g/mol. The molecule has 7 heteroatoms. The number of aromatic nitrogens is 1. The van der Waals surface area contributed by atoms with Crippen molar-refractivity contribution in [2.75, 3.05) is 11.5 Å². The third-order valence-electron chi connectivity index (χ3n) is 3.23. The molecule has 2 rings (SSSR count). The predicted octanol–water partition coefficient (Wildman–Crippen LogP) is 1.31. The number of thioether (sulfide) groups is 1. The average molecular weight is 303 g/mol. The highest BCUT2D eigenvalue weighted by Crippen LogP contribution is 2.22. The minimum absolute atomic E-state index is 0.0544. The largest absolute Gasteiger partial charge is 0.346 e. The van der Waals surface area contributed by atoms with Gasteiger partial charge in [-0.05, 0) is 32.1 Å². The predicted molar refractivity (Wildman–Crippen MR) is 78.8 cm³/mol. The summed E-state index contributed by atoms with van der Waals surface area (Å²) in [4.78, 5) is 0.318. The Hall–Kier alpha value is -0.500. The first kappa shape index (κ1) is 14.9. The van der Waals surface area contributed by atoms with Crippen molar-refractivity contribution in [1.29, 1.82) is 0 Å². The van der Waals surface area contributed by atoms with Gasteiger partial charge in [-0.15, -0.1) is 0 Å². The second-order valence-corrected chi connectivity index (χ2v) is 7.92. The number of nitrogens with one attached hydrogen (secondary N) is 1. The molecule has 1 fully saturated rings. The van der Waals surface area contributed by atoms with E-state index in [1.807, 2.05) is 18.4 Å². The Balaban J connectivity index is 2.24. The molecule has 0 aliphatic carbocycles. The fraction of sp³-hybridized carbons (Fsp3) is 0.667. The molecule has 0 radical (unpaired) electrons. The molecule has 0 amide bonds. The Kier molecular flexibility index (Phi) is 4.60. The van der Waals surface area contributed by atoms with E-state index in [9.17, 15) is 8.42 Å². The summed E-state index contributed by atoms with van der Waals surface area (Å²) in [6.07, 6.45) is 2.58. The van der Waals surface area contributed by atoms with E-state index in [4.69, 9.17) is 5.73 Å². The third kappa shape index (κ3) is 3.34. The van der Waals surface area contributed by atoms with E-state index in [1.54, 1.807) is 24.0 Å². The van der Waals surface area contributed by atoms with Gasteiger partial charge in [0.1, 0.15) is 0 Å². The standard InChI is InChI=1S/C12H21N3O2S2/c1-9(2)15-7-12(5-11(15)6-13)19(16,17)14-10-3-4-18-8-10/h5,7,9-10,14H,3-4,6,8,13H2,1-2H3. The molecule has 5 nitrogen and oxygen atoms in total. The smallest absolute Gasteiger partial charge is 0.242 e. The van der Waals surface area contributed by atoms with Gasteiger partial charge < -0.3 is 10.3 Å². The van der Waals surface area contributed by atoms with Crippen LogP contribution in [0, 0.1) is 0 Å². The molecule has 19 heavy (non-hydrogen) atoms. The van der Waals surface area contributed by atoms with Crippen LogP contribution in [0.5, 0.6) is 0 Å². The van der Waals surface area contributed by atoms with E-state index in [0.717, 1.165) is 23.6 Å². The van der Waals surface area contributed by atoms with Gasteiger partial charge in [-0.2, -0.15) is 11.8 Å². The SMILES string of the molecule is CC(C)n1cc(S(=O)(=O)NC2CCSC2)cc1CN. The van der Waals surface area contributed by atoms with Gasteiger partial charge in [-0.1, -0.05) is 0 Å². The van der Waals surface area contributed by atoms with E-state index < -0.39 is 10.0 Å². The minimum atomic E-state index is -3.43. The van der Waals surface area contributed by atoms with Crippen molar-refractivity contribution >= 4 is 21.8 Å². The molecule has 1 aliphatic rings. The molecule has 0 aromatic carbocycles. The van der Waals surface area contributed by atoms with Gasteiger partial charge in [0.05, 0.1) is 4.90 Å². The summed E-state index contributed by atoms with van der Waals surface area (Å²) in [5.74, 6) is 1.88. The maximum Gasteiger partial charge on any atom is 0.242 e. The Morgan fingerprint density at radius 1 is 1.58 bits per heavy atom. The zero-order valence-electron chi connectivity index (χ0n) is 11.3. The lowest BCUT2D eigenvalue weighted by Crippen LogP contribution is -2.34. The lowest BCUT2D eigenvalue weighted by atomic mass is 10.3. The fourth-order valence-electron chi connectivity index (χ4n) is 2.20. The normalized spacial score (nSPS) is 20.3. The Morgan fingerprint density at radius 2 is 2.32 bits per heavy atom. The molecule has 0 bridgehead atoms. The molecular formula is C12H21N3O2S2. The summed E-state index contributed by atoms with van der Waals surface area (Å²) in [5.41, 5.74) is 6.51. The number of sulfonamides is 1. The maximum absolute atomic E-state index is 12.3. The summed E-state index contributed by atoms with van der Waals surface area (Å²) in [5, 5.41) is 0. The number of nitrogens with two attached hydrogens (primary N) is 1. The lowest BCUT2D eigenvalue weighted by Gasteiger charge is -2.11. The molecule has 1 unspecified atom stereocenters. The van der Waals surface area contributed by atoms with Crippen molar-refractivity contribution in [1.82, 2.24) is 9.29 Å². The van der Waals surface area contributed by atoms with E-state index in [-0.39, 0.29) is 12.1 Å². The first-order valence-electron chi connectivity index (χ1n) is 6.45. The van der Waals surface area contributed by atoms with Crippen molar-refractivity contribution in [3.05, 3.63) is 18.0 Å². The zero-order valence-corrected chi connectivity index (χ0v) is 12.9. The zero-order chi connectivity index (χ0) is 14.0. The van der Waals surface area contributed by atoms with Crippen LogP contribution >= 0.6 is 11.8 Å². The highest BCUT2D eigenvalue weighted by atomic mass is 32.2. The second kappa shape index (κ2) is 5.87. The summed E-state index contributed by atoms with van der Waals surface area (Å²) >= 11 is 1.78. The fourth-order valence-corrected chi connectivity index (χ4v) is 4.78. The van der Waals surface area contributed by atoms with Gasteiger partial charge in [-0.3, -0.25) is 0 Å². The van der Waals surface area contributed by atoms with Crippen molar-refractivity contribution in [3.63, 3.8) is 0 Å². The summed E-state index contributed by atoms with van der Waals surface area (Å²) in [7, 11) is -3.43. The molecule has 1 atom stereocenters. The lowest BCUT2D eigenvalue weighted by molar-refractivity contribution is 0.559. The van der Waals surface area contributed by atoms with Gasteiger partial charge in [0.15, 0.2) is 0 Å². The summed E-state index contributed by atoms with van der Waals surface area (Å²) in [6, 6.07) is 1.92. The number of hydrogen-bond donors (Lipinski definition) is 2. The summed E-state index contributed by atoms with van der Waals surface area (Å²) < 4.78 is 29.3. The van der Waals surface area contributed by atoms with Gasteiger partial charge >= 0.3 is 0 Å². The third-order valence-corrected chi connectivity index (χ3v) is 5.88. The molecule has 3 N–H and O–H groups in total. The molecular weight excluding hydrogens is 282 g/mol. The summed E-state index contributed by atoms with van der Waals surface area (Å²) in [6.45, 7) is 4.36. The van der Waals surface area contributed by atoms with Crippen LogP contribution in [0.1, 0.15) is 32.0 Å². The first-order valence-corrected chi connectivity index (χ1v) is 9.08. The number of nitrogens with zero attached hydrogens (tertiary/aromatic N) is 1. The van der Waals surface area contributed by atoms with Crippen LogP contribution in [-0.2, 0) is 16.6 Å². The molecule has 2 heterocycles. The number of hydrogen-bond acceptors (Lipinski definition) is 4. The van der Waals surface area contributed by atoms with Gasteiger partial charge in [0.25, 0.3) is 0 Å². The highest BCUT2D eigenvalue weighted by molar-refractivity contribution is 7.99. The molecule has 1 aliphatic heterocycles. The quantitative estimate of drug-likeness (QED) is 0.860. The Bertz CT molecular complexity index is 531. The van der Waals surface area contributed by atoms with Crippen molar-refractivity contribution in [2.45, 2.75) is 43.8 Å². The van der Waals surface area contributed by atoms with Gasteiger partial charge in [0.2, 0.25) is 10.0 Å². The van der Waals surface area contributed by atoms with E-state index in [2.05, 4.69) is 4.72 Å². The van der Waals surface area contributed by atoms with E-state index >= 15 is 0 Å². The topological polar surface area (TPSA) is 77.1 Å². The van der Waals surface area contributed by atoms with Gasteiger partial charge in [-0.25, -0.2) is 13.1 Å². The molecule has 108 valence electrons. The average Bonchev–Trinajstić information content (AvgIpc) is 2.95. The molecule has 1 saturated heterocycles. The molecule has 0 saturated carbocycles. The van der Waals surface area contributed by atoms with E-state index in [1.165, 1.54) is 0 Å². The Labute approximate surface area is 119 Å². The van der Waals surface area contributed by atoms with Crippen LogP contribution in [0.3, 0.4) is 0 Å². The second-order valence-electron chi connectivity index (χ2n) is 5.05. The first-order chi connectivity index (χ1) is 8.94. The van der Waals surface area contributed by atoms with Gasteiger partial charge in [0, 0.05) is 36.3 Å². The Morgan fingerprint density at radius 3 is 2.79 bits per heavy atom. The van der Waals surface area contributed by atoms with Crippen LogP contribution in [0.15, 0.2) is 17.2 Å². The van der Waals surface area contributed by atoms with Crippen LogP contribution in [-0.4, -0.2) is 30.5 Å². The van der Waals surface area contributed by atoms with E-state index in [0.29, 0.717) is 11.4 Å². The van der Waals surface area contributed by atoms with Crippen LogP contribution in [0.25, 0.3) is 0 Å². The van der Waals surface area contributed by atoms with Crippen LogP contribution in [0.2, 0.25) is 0 Å².